The molecule has 36 heavy (non-hydrogen) atoms. The van der Waals surface area contributed by atoms with Crippen LogP contribution in [0.3, 0.4) is 0 Å². The molecule has 186 valence electrons. The molecule has 8 nitrogen and oxygen atoms in total. The molecule has 0 aliphatic carbocycles. The second kappa shape index (κ2) is 10.3. The van der Waals surface area contributed by atoms with Crippen molar-refractivity contribution in [3.63, 3.8) is 0 Å². The molecule has 0 bridgehead atoms. The highest BCUT2D eigenvalue weighted by atomic mass is 35.5. The number of alkyl halides is 2. The molecule has 2 N–H and O–H groups in total. The number of aryl methyl sites for hydroxylation is 1. The summed E-state index contributed by atoms with van der Waals surface area (Å²) in [5.74, 6) is -4.07. The molecule has 1 amide bonds. The minimum absolute atomic E-state index is 0.0332. The van der Waals surface area contributed by atoms with Gasteiger partial charge in [-0.25, -0.2) is 28.1 Å². The van der Waals surface area contributed by atoms with E-state index >= 15 is 0 Å². The summed E-state index contributed by atoms with van der Waals surface area (Å²) in [6, 6.07) is 5.43. The smallest absolute Gasteiger partial charge is 0.273 e. The number of hydrogen-bond acceptors (Lipinski definition) is 6. The highest BCUT2D eigenvalue weighted by molar-refractivity contribution is 6.30. The van der Waals surface area contributed by atoms with Crippen LogP contribution in [-0.4, -0.2) is 30.6 Å². The number of aromatic nitrogens is 5. The van der Waals surface area contributed by atoms with Crippen molar-refractivity contribution in [3.8, 4) is 11.1 Å². The first-order valence-electron chi connectivity index (χ1n) is 10.9. The van der Waals surface area contributed by atoms with E-state index in [4.69, 9.17) is 11.6 Å². The lowest BCUT2D eigenvalue weighted by Gasteiger charge is -2.14. The number of nitrogens with one attached hydrogen (secondary N) is 2. The Morgan fingerprint density at radius 1 is 1.06 bits per heavy atom. The van der Waals surface area contributed by atoms with Crippen LogP contribution in [0.15, 0.2) is 55.2 Å². The first-order chi connectivity index (χ1) is 17.1. The molecule has 0 unspecified atom stereocenters. The fraction of sp³-hybridized carbons (Fsp3) is 0.208. The van der Waals surface area contributed by atoms with Gasteiger partial charge in [-0.15, -0.1) is 0 Å². The molecule has 1 aromatic carbocycles. The highest BCUT2D eigenvalue weighted by Gasteiger charge is 2.28. The summed E-state index contributed by atoms with van der Waals surface area (Å²) in [6.45, 7) is 3.39. The maximum Gasteiger partial charge on any atom is 0.273 e. The SMILES string of the molecule is CCn1cc(Nc2ncc(-c3ccc(CC(=O)Nc4cnc(Cl)c(C(C)(F)F)c4)c(F)c3)cn2)cn1. The summed E-state index contributed by atoms with van der Waals surface area (Å²) in [5, 5.41) is 9.28. The lowest BCUT2D eigenvalue weighted by molar-refractivity contribution is -0.115. The van der Waals surface area contributed by atoms with Crippen molar-refractivity contribution in [3.05, 3.63) is 77.3 Å². The fourth-order valence-electron chi connectivity index (χ4n) is 3.34. The summed E-state index contributed by atoms with van der Waals surface area (Å²) < 4.78 is 43.8. The number of rotatable bonds is 8. The Morgan fingerprint density at radius 2 is 1.81 bits per heavy atom. The third-order valence-corrected chi connectivity index (χ3v) is 5.50. The van der Waals surface area contributed by atoms with E-state index < -0.39 is 23.2 Å². The number of amides is 1. The van der Waals surface area contributed by atoms with Crippen molar-refractivity contribution in [2.24, 2.45) is 0 Å². The minimum atomic E-state index is -3.23. The Balaban J connectivity index is 1.41. The van der Waals surface area contributed by atoms with Crippen LogP contribution in [0.2, 0.25) is 5.15 Å². The quantitative estimate of drug-likeness (QED) is 0.297. The van der Waals surface area contributed by atoms with E-state index in [9.17, 15) is 18.0 Å². The third-order valence-electron chi connectivity index (χ3n) is 5.20. The highest BCUT2D eigenvalue weighted by Crippen LogP contribution is 2.33. The number of benzene rings is 1. The molecule has 0 saturated carbocycles. The Hall–Kier alpha value is -3.99. The number of nitrogens with zero attached hydrogens (tertiary/aromatic N) is 5. The van der Waals surface area contributed by atoms with Gasteiger partial charge in [-0.2, -0.15) is 5.10 Å². The van der Waals surface area contributed by atoms with E-state index in [2.05, 4.69) is 30.7 Å². The molecule has 0 aliphatic heterocycles. The van der Waals surface area contributed by atoms with Gasteiger partial charge >= 0.3 is 0 Å². The van der Waals surface area contributed by atoms with Gasteiger partial charge < -0.3 is 10.6 Å². The number of anilines is 3. The van der Waals surface area contributed by atoms with Crippen LogP contribution in [0.4, 0.5) is 30.5 Å². The maximum atomic E-state index is 14.7. The first-order valence-corrected chi connectivity index (χ1v) is 11.2. The molecule has 0 fully saturated rings. The Bertz CT molecular complexity index is 1390. The van der Waals surface area contributed by atoms with Gasteiger partial charge in [0.25, 0.3) is 5.92 Å². The van der Waals surface area contributed by atoms with Gasteiger partial charge in [0.05, 0.1) is 35.8 Å². The molecule has 0 radical (unpaired) electrons. The van der Waals surface area contributed by atoms with E-state index in [0.717, 1.165) is 24.5 Å². The van der Waals surface area contributed by atoms with Gasteiger partial charge in [-0.1, -0.05) is 23.7 Å². The lowest BCUT2D eigenvalue weighted by Crippen LogP contribution is -2.17. The predicted octanol–water partition coefficient (Wildman–Crippen LogP) is 5.58. The summed E-state index contributed by atoms with van der Waals surface area (Å²) >= 11 is 5.72. The van der Waals surface area contributed by atoms with E-state index in [1.807, 2.05) is 13.1 Å². The summed E-state index contributed by atoms with van der Waals surface area (Å²) in [6.07, 6.45) is 7.43. The van der Waals surface area contributed by atoms with Crippen molar-refractivity contribution in [2.75, 3.05) is 10.6 Å². The zero-order valence-electron chi connectivity index (χ0n) is 19.3. The normalized spacial score (nSPS) is 11.4. The molecular weight excluding hydrogens is 495 g/mol. The number of hydrogen-bond donors (Lipinski definition) is 2. The number of carbonyl (C=O) groups excluding carboxylic acids is 1. The standard InChI is InChI=1S/C24H21ClF3N7O/c1-3-35-13-18(12-32-35)34-23-30-9-16(10-31-23)14-4-5-15(20(26)6-14)7-21(36)33-17-8-19(24(2,27)28)22(25)29-11-17/h4-6,8-13H,3,7H2,1-2H3,(H,33,36)(H,30,31,34). The summed E-state index contributed by atoms with van der Waals surface area (Å²) in [5.41, 5.74) is 1.50. The zero-order valence-corrected chi connectivity index (χ0v) is 20.0. The molecule has 0 atom stereocenters. The van der Waals surface area contributed by atoms with Gasteiger partial charge in [0, 0.05) is 37.6 Å². The Morgan fingerprint density at radius 3 is 2.44 bits per heavy atom. The number of carbonyl (C=O) groups is 1. The van der Waals surface area contributed by atoms with Crippen LogP contribution >= 0.6 is 11.6 Å². The largest absolute Gasteiger partial charge is 0.324 e. The van der Waals surface area contributed by atoms with Crippen LogP contribution in [-0.2, 0) is 23.7 Å². The number of halogens is 4. The van der Waals surface area contributed by atoms with Crippen LogP contribution in [0.1, 0.15) is 25.0 Å². The third kappa shape index (κ3) is 5.98. The predicted molar refractivity (Wildman–Crippen MR) is 130 cm³/mol. The molecule has 4 rings (SSSR count). The van der Waals surface area contributed by atoms with E-state index in [1.54, 1.807) is 29.3 Å². The van der Waals surface area contributed by atoms with Crippen LogP contribution in [0.5, 0.6) is 0 Å². The molecule has 0 saturated heterocycles. The first kappa shape index (κ1) is 25.1. The van der Waals surface area contributed by atoms with Crippen LogP contribution in [0.25, 0.3) is 11.1 Å². The zero-order chi connectivity index (χ0) is 25.9. The second-order valence-electron chi connectivity index (χ2n) is 7.99. The van der Waals surface area contributed by atoms with Crippen molar-refractivity contribution in [1.82, 2.24) is 24.7 Å². The molecule has 3 heterocycles. The monoisotopic (exact) mass is 515 g/mol. The summed E-state index contributed by atoms with van der Waals surface area (Å²) in [7, 11) is 0. The second-order valence-corrected chi connectivity index (χ2v) is 8.34. The van der Waals surface area contributed by atoms with Gasteiger partial charge in [-0.05, 0) is 30.2 Å². The van der Waals surface area contributed by atoms with E-state index in [0.29, 0.717) is 24.0 Å². The van der Waals surface area contributed by atoms with Gasteiger partial charge in [0.2, 0.25) is 11.9 Å². The lowest BCUT2D eigenvalue weighted by atomic mass is 10.0. The Kier molecular flexibility index (Phi) is 7.20. The van der Waals surface area contributed by atoms with E-state index in [1.165, 1.54) is 12.1 Å². The van der Waals surface area contributed by atoms with Crippen molar-refractivity contribution >= 4 is 34.8 Å². The van der Waals surface area contributed by atoms with Gasteiger partial charge in [0.1, 0.15) is 11.0 Å². The van der Waals surface area contributed by atoms with Gasteiger partial charge in [-0.3, -0.25) is 9.48 Å². The minimum Gasteiger partial charge on any atom is -0.324 e. The topological polar surface area (TPSA) is 97.6 Å². The van der Waals surface area contributed by atoms with E-state index in [-0.39, 0.29) is 22.8 Å². The van der Waals surface area contributed by atoms with Gasteiger partial charge in [0.15, 0.2) is 0 Å². The molecule has 12 heteroatoms. The molecular formula is C24H21ClF3N7O. The summed E-state index contributed by atoms with van der Waals surface area (Å²) in [4.78, 5) is 24.6. The van der Waals surface area contributed by atoms with Crippen LogP contribution < -0.4 is 10.6 Å². The number of pyridine rings is 1. The fourth-order valence-corrected chi connectivity index (χ4v) is 3.61. The Labute approximate surface area is 209 Å². The molecule has 4 aromatic rings. The van der Waals surface area contributed by atoms with Crippen LogP contribution in [0, 0.1) is 5.82 Å². The van der Waals surface area contributed by atoms with Crippen molar-refractivity contribution in [2.45, 2.75) is 32.7 Å². The maximum absolute atomic E-state index is 14.7. The van der Waals surface area contributed by atoms with Crippen molar-refractivity contribution < 1.29 is 18.0 Å². The molecule has 3 aromatic heterocycles. The van der Waals surface area contributed by atoms with Crippen molar-refractivity contribution in [1.29, 1.82) is 0 Å². The molecule has 0 aliphatic rings. The average Bonchev–Trinajstić information content (AvgIpc) is 3.29. The average molecular weight is 516 g/mol. The molecule has 0 spiro atoms.